The van der Waals surface area contributed by atoms with Gasteiger partial charge in [-0.1, -0.05) is 6.08 Å². The van der Waals surface area contributed by atoms with Crippen molar-refractivity contribution in [3.05, 3.63) is 12.7 Å². The van der Waals surface area contributed by atoms with Gasteiger partial charge in [-0.25, -0.2) is 0 Å². The molecule has 1 atom stereocenters. The summed E-state index contributed by atoms with van der Waals surface area (Å²) < 4.78 is 0. The highest BCUT2D eigenvalue weighted by Crippen LogP contribution is 2.17. The van der Waals surface area contributed by atoms with Gasteiger partial charge in [0.05, 0.1) is 5.60 Å². The molecule has 0 amide bonds. The van der Waals surface area contributed by atoms with Crippen LogP contribution in [0.4, 0.5) is 0 Å². The Balaban J connectivity index is 3.62. The fourth-order valence-electron chi connectivity index (χ4n) is 0.879. The van der Waals surface area contributed by atoms with E-state index in [0.717, 1.165) is 12.8 Å². The molecule has 0 spiro atoms. The average Bonchev–Trinajstić information content (AvgIpc) is 1.97. The lowest BCUT2D eigenvalue weighted by Crippen LogP contribution is -2.23. The molecule has 0 radical (unpaired) electrons. The van der Waals surface area contributed by atoms with Gasteiger partial charge >= 0.3 is 0 Å². The van der Waals surface area contributed by atoms with Gasteiger partial charge in [0, 0.05) is 6.42 Å². The third kappa shape index (κ3) is 5.69. The molecule has 1 N–H and O–H groups in total. The fraction of sp³-hybridized carbons (Fsp3) is 0.600. The normalized spacial score (nSPS) is 15.0. The van der Waals surface area contributed by atoms with Crippen molar-refractivity contribution in [3.8, 4) is 12.3 Å². The molecule has 0 aliphatic heterocycles. The molecule has 1 unspecified atom stereocenters. The van der Waals surface area contributed by atoms with Crippen LogP contribution in [0.2, 0.25) is 0 Å². The molecule has 0 aromatic rings. The predicted molar refractivity (Wildman–Crippen MR) is 48.1 cm³/mol. The SMILES string of the molecule is C#CCCC(C)(O)CCC=C. The Labute approximate surface area is 69.1 Å². The molecule has 1 nitrogen and oxygen atoms in total. The van der Waals surface area contributed by atoms with Crippen molar-refractivity contribution in [2.75, 3.05) is 0 Å². The maximum Gasteiger partial charge on any atom is 0.0631 e. The molecule has 0 heterocycles. The maximum atomic E-state index is 9.63. The highest BCUT2D eigenvalue weighted by atomic mass is 16.3. The van der Waals surface area contributed by atoms with Crippen LogP contribution in [0.25, 0.3) is 0 Å². The van der Waals surface area contributed by atoms with Crippen LogP contribution in [0.5, 0.6) is 0 Å². The summed E-state index contributed by atoms with van der Waals surface area (Å²) in [4.78, 5) is 0. The molecule has 0 saturated heterocycles. The van der Waals surface area contributed by atoms with Crippen LogP contribution in [-0.2, 0) is 0 Å². The Kier molecular flexibility index (Phi) is 4.65. The van der Waals surface area contributed by atoms with Crippen LogP contribution >= 0.6 is 0 Å². The maximum absolute atomic E-state index is 9.63. The Hall–Kier alpha value is -0.740. The Morgan fingerprint density at radius 3 is 2.73 bits per heavy atom. The molecule has 11 heavy (non-hydrogen) atoms. The van der Waals surface area contributed by atoms with Crippen molar-refractivity contribution in [2.45, 2.75) is 38.2 Å². The van der Waals surface area contributed by atoms with E-state index in [1.807, 2.05) is 13.0 Å². The number of terminal acetylenes is 1. The van der Waals surface area contributed by atoms with Crippen LogP contribution in [-0.4, -0.2) is 10.7 Å². The van der Waals surface area contributed by atoms with Gasteiger partial charge in [0.15, 0.2) is 0 Å². The van der Waals surface area contributed by atoms with Crippen LogP contribution in [0.1, 0.15) is 32.6 Å². The third-order valence-electron chi connectivity index (χ3n) is 1.69. The second-order valence-corrected chi connectivity index (χ2v) is 3.03. The summed E-state index contributed by atoms with van der Waals surface area (Å²) in [7, 11) is 0. The molecule has 1 heteroatoms. The standard InChI is InChI=1S/C10H16O/c1-4-6-8-10(3,11)9-7-5-2/h1,5,11H,2,6-9H2,3H3. The molecular formula is C10H16O. The highest BCUT2D eigenvalue weighted by Gasteiger charge is 2.17. The third-order valence-corrected chi connectivity index (χ3v) is 1.69. The molecule has 0 aromatic carbocycles. The monoisotopic (exact) mass is 152 g/mol. The lowest BCUT2D eigenvalue weighted by molar-refractivity contribution is 0.0445. The number of hydrogen-bond donors (Lipinski definition) is 1. The van der Waals surface area contributed by atoms with Crippen molar-refractivity contribution in [3.63, 3.8) is 0 Å². The van der Waals surface area contributed by atoms with E-state index in [-0.39, 0.29) is 0 Å². The quantitative estimate of drug-likeness (QED) is 0.472. The molecule has 62 valence electrons. The van der Waals surface area contributed by atoms with E-state index in [1.165, 1.54) is 0 Å². The Bertz CT molecular complexity index is 151. The van der Waals surface area contributed by atoms with Gasteiger partial charge in [-0.2, -0.15) is 0 Å². The van der Waals surface area contributed by atoms with E-state index in [0.29, 0.717) is 12.8 Å². The topological polar surface area (TPSA) is 20.2 Å². The number of allylic oxidation sites excluding steroid dienone is 1. The summed E-state index contributed by atoms with van der Waals surface area (Å²) >= 11 is 0. The van der Waals surface area contributed by atoms with Crippen LogP contribution < -0.4 is 0 Å². The lowest BCUT2D eigenvalue weighted by atomic mass is 9.95. The number of aliphatic hydroxyl groups is 1. The number of rotatable bonds is 5. The van der Waals surface area contributed by atoms with Gasteiger partial charge in [-0.05, 0) is 26.2 Å². The summed E-state index contributed by atoms with van der Waals surface area (Å²) in [5, 5.41) is 9.63. The van der Waals surface area contributed by atoms with E-state index < -0.39 is 5.60 Å². The minimum Gasteiger partial charge on any atom is -0.390 e. The predicted octanol–water partition coefficient (Wildman–Crippen LogP) is 2.12. The molecule has 0 saturated carbocycles. The van der Waals surface area contributed by atoms with E-state index in [4.69, 9.17) is 6.42 Å². The minimum absolute atomic E-state index is 0.611. The summed E-state index contributed by atoms with van der Waals surface area (Å²) in [5.74, 6) is 2.51. The van der Waals surface area contributed by atoms with Crippen molar-refractivity contribution in [1.29, 1.82) is 0 Å². The first-order valence-electron chi connectivity index (χ1n) is 3.89. The molecule has 0 fully saturated rings. The zero-order valence-electron chi connectivity index (χ0n) is 7.14. The molecule has 0 rings (SSSR count). The average molecular weight is 152 g/mol. The molecular weight excluding hydrogens is 136 g/mol. The zero-order chi connectivity index (χ0) is 8.74. The minimum atomic E-state index is -0.611. The van der Waals surface area contributed by atoms with Gasteiger partial charge in [0.1, 0.15) is 0 Å². The van der Waals surface area contributed by atoms with Crippen LogP contribution in [0, 0.1) is 12.3 Å². The zero-order valence-corrected chi connectivity index (χ0v) is 7.14. The van der Waals surface area contributed by atoms with E-state index >= 15 is 0 Å². The Morgan fingerprint density at radius 2 is 2.27 bits per heavy atom. The van der Waals surface area contributed by atoms with Gasteiger partial charge in [0.2, 0.25) is 0 Å². The van der Waals surface area contributed by atoms with Crippen LogP contribution in [0.3, 0.4) is 0 Å². The fourth-order valence-corrected chi connectivity index (χ4v) is 0.879. The smallest absolute Gasteiger partial charge is 0.0631 e. The van der Waals surface area contributed by atoms with Crippen molar-refractivity contribution in [2.24, 2.45) is 0 Å². The second-order valence-electron chi connectivity index (χ2n) is 3.03. The lowest BCUT2D eigenvalue weighted by Gasteiger charge is -2.20. The van der Waals surface area contributed by atoms with Crippen molar-refractivity contribution in [1.82, 2.24) is 0 Å². The van der Waals surface area contributed by atoms with Gasteiger partial charge in [-0.15, -0.1) is 18.9 Å². The largest absolute Gasteiger partial charge is 0.390 e. The molecule has 0 aromatic heterocycles. The van der Waals surface area contributed by atoms with Gasteiger partial charge in [0.25, 0.3) is 0 Å². The van der Waals surface area contributed by atoms with Crippen LogP contribution in [0.15, 0.2) is 12.7 Å². The first-order valence-corrected chi connectivity index (χ1v) is 3.89. The van der Waals surface area contributed by atoms with Gasteiger partial charge < -0.3 is 5.11 Å². The first kappa shape index (κ1) is 10.3. The first-order chi connectivity index (χ1) is 5.12. The van der Waals surface area contributed by atoms with Crippen molar-refractivity contribution < 1.29 is 5.11 Å². The second kappa shape index (κ2) is 4.98. The summed E-state index contributed by atoms with van der Waals surface area (Å²) in [5.41, 5.74) is -0.611. The molecule has 0 aliphatic rings. The van der Waals surface area contributed by atoms with E-state index in [2.05, 4.69) is 12.5 Å². The summed E-state index contributed by atoms with van der Waals surface area (Å²) in [6.07, 6.45) is 9.81. The van der Waals surface area contributed by atoms with E-state index in [9.17, 15) is 5.11 Å². The Morgan fingerprint density at radius 1 is 1.64 bits per heavy atom. The van der Waals surface area contributed by atoms with E-state index in [1.54, 1.807) is 0 Å². The molecule has 0 bridgehead atoms. The number of hydrogen-bond acceptors (Lipinski definition) is 1. The van der Waals surface area contributed by atoms with Crippen molar-refractivity contribution >= 4 is 0 Å². The summed E-state index contributed by atoms with van der Waals surface area (Å²) in [6.45, 7) is 5.41. The summed E-state index contributed by atoms with van der Waals surface area (Å²) in [6, 6.07) is 0. The molecule has 0 aliphatic carbocycles. The highest BCUT2D eigenvalue weighted by molar-refractivity contribution is 4.88. The van der Waals surface area contributed by atoms with Gasteiger partial charge in [-0.3, -0.25) is 0 Å².